The minimum absolute atomic E-state index is 0.143. The number of halogens is 1. The fourth-order valence-electron chi connectivity index (χ4n) is 3.50. The zero-order chi connectivity index (χ0) is 18.3. The number of nitrogens with one attached hydrogen (secondary N) is 2. The highest BCUT2D eigenvalue weighted by Crippen LogP contribution is 2.42. The number of nitrogens with zero attached hydrogens (tertiary/aromatic N) is 2. The van der Waals surface area contributed by atoms with Gasteiger partial charge in [0.2, 0.25) is 5.91 Å². The summed E-state index contributed by atoms with van der Waals surface area (Å²) in [5.74, 6) is -0.893. The van der Waals surface area contributed by atoms with Gasteiger partial charge in [-0.05, 0) is 42.8 Å². The molecule has 4 amide bonds. The molecular weight excluding hydrogens is 376 g/mol. The molecule has 134 valence electrons. The second kappa shape index (κ2) is 6.37. The Morgan fingerprint density at radius 3 is 3.08 bits per heavy atom. The number of amides is 4. The maximum absolute atomic E-state index is 13.0. The van der Waals surface area contributed by atoms with Crippen molar-refractivity contribution in [2.24, 2.45) is 0 Å². The van der Waals surface area contributed by atoms with Crippen molar-refractivity contribution in [2.45, 2.75) is 24.8 Å². The molecule has 0 aromatic carbocycles. The Bertz CT molecular complexity index is 915. The summed E-state index contributed by atoms with van der Waals surface area (Å²) in [5, 5.41) is 7.47. The molecule has 0 unspecified atom stereocenters. The topological polar surface area (TPSA) is 91.4 Å². The third-order valence-corrected chi connectivity index (χ3v) is 5.95. The van der Waals surface area contributed by atoms with Crippen LogP contribution >= 0.6 is 22.9 Å². The first-order valence-electron chi connectivity index (χ1n) is 8.12. The largest absolute Gasteiger partial charge is 0.325 e. The predicted molar refractivity (Wildman–Crippen MR) is 97.1 cm³/mol. The Kier molecular flexibility index (Phi) is 4.16. The molecule has 2 N–H and O–H groups in total. The summed E-state index contributed by atoms with van der Waals surface area (Å²) < 4.78 is 0. The molecule has 0 saturated carbocycles. The van der Waals surface area contributed by atoms with Crippen LogP contribution in [0.15, 0.2) is 29.8 Å². The number of pyridine rings is 1. The molecule has 1 saturated heterocycles. The summed E-state index contributed by atoms with van der Waals surface area (Å²) in [7, 11) is 0. The summed E-state index contributed by atoms with van der Waals surface area (Å²) in [4.78, 5) is 43.7. The van der Waals surface area contributed by atoms with Gasteiger partial charge in [-0.15, -0.1) is 11.3 Å². The highest BCUT2D eigenvalue weighted by Gasteiger charge is 2.54. The standard InChI is InChI=1S/C17H15ClN4O3S/c18-14-11(3-2-7-19-14)20-13(23)9-22-15(24)17(21-16(22)25)6-1-4-12-10(17)5-8-26-12/h2-3,5,7-8H,1,4,6,9H2,(H,20,23)(H,21,25)/t17-/m1/s1. The molecule has 0 bridgehead atoms. The number of aryl methyl sites for hydroxylation is 1. The smallest absolute Gasteiger partial charge is 0.322 e. The molecule has 1 aliphatic carbocycles. The first-order chi connectivity index (χ1) is 12.5. The normalized spacial score (nSPS) is 21.7. The molecule has 1 aliphatic heterocycles. The molecule has 1 atom stereocenters. The quantitative estimate of drug-likeness (QED) is 0.622. The number of imide groups is 1. The fourth-order valence-corrected chi connectivity index (χ4v) is 4.66. The molecule has 2 aromatic heterocycles. The number of thiophene rings is 1. The van der Waals surface area contributed by atoms with E-state index in [0.29, 0.717) is 12.1 Å². The second-order valence-electron chi connectivity index (χ2n) is 6.23. The van der Waals surface area contributed by atoms with Gasteiger partial charge in [0.05, 0.1) is 5.69 Å². The Labute approximate surface area is 158 Å². The van der Waals surface area contributed by atoms with E-state index in [0.717, 1.165) is 28.2 Å². The van der Waals surface area contributed by atoms with E-state index in [9.17, 15) is 14.4 Å². The lowest BCUT2D eigenvalue weighted by Gasteiger charge is -2.31. The SMILES string of the molecule is O=C(CN1C(=O)N[C@@]2(CCCc3sccc32)C1=O)Nc1cccnc1Cl. The predicted octanol–water partition coefficient (Wildman–Crippen LogP) is 2.52. The van der Waals surface area contributed by atoms with Crippen LogP contribution in [0.1, 0.15) is 23.3 Å². The van der Waals surface area contributed by atoms with E-state index >= 15 is 0 Å². The summed E-state index contributed by atoms with van der Waals surface area (Å²) in [6.07, 6.45) is 3.75. The van der Waals surface area contributed by atoms with E-state index in [-0.39, 0.29) is 17.6 Å². The van der Waals surface area contributed by atoms with Crippen molar-refractivity contribution in [3.05, 3.63) is 45.4 Å². The number of rotatable bonds is 3. The van der Waals surface area contributed by atoms with Crippen molar-refractivity contribution in [2.75, 3.05) is 11.9 Å². The van der Waals surface area contributed by atoms with Gasteiger partial charge in [-0.1, -0.05) is 11.6 Å². The number of carbonyl (C=O) groups is 3. The Morgan fingerprint density at radius 2 is 2.27 bits per heavy atom. The monoisotopic (exact) mass is 390 g/mol. The molecule has 2 aliphatic rings. The number of aromatic nitrogens is 1. The second-order valence-corrected chi connectivity index (χ2v) is 7.59. The van der Waals surface area contributed by atoms with Crippen LogP contribution in [-0.2, 0) is 21.5 Å². The van der Waals surface area contributed by atoms with Crippen molar-refractivity contribution < 1.29 is 14.4 Å². The highest BCUT2D eigenvalue weighted by atomic mass is 35.5. The Balaban J connectivity index is 1.54. The summed E-state index contributed by atoms with van der Waals surface area (Å²) in [5.41, 5.74) is 0.140. The lowest BCUT2D eigenvalue weighted by Crippen LogP contribution is -2.46. The molecule has 26 heavy (non-hydrogen) atoms. The number of hydrogen-bond donors (Lipinski definition) is 2. The molecule has 1 spiro atoms. The average Bonchev–Trinajstić information content (AvgIpc) is 3.18. The van der Waals surface area contributed by atoms with E-state index in [1.54, 1.807) is 23.5 Å². The third-order valence-electron chi connectivity index (χ3n) is 4.67. The van der Waals surface area contributed by atoms with Crippen LogP contribution in [0.3, 0.4) is 0 Å². The molecule has 2 aromatic rings. The zero-order valence-corrected chi connectivity index (χ0v) is 15.2. The first-order valence-corrected chi connectivity index (χ1v) is 9.38. The van der Waals surface area contributed by atoms with Gasteiger partial charge in [0.1, 0.15) is 12.1 Å². The first kappa shape index (κ1) is 17.0. The molecule has 9 heteroatoms. The van der Waals surface area contributed by atoms with Crippen molar-refractivity contribution >= 4 is 46.5 Å². The van der Waals surface area contributed by atoms with E-state index < -0.39 is 17.5 Å². The van der Waals surface area contributed by atoms with Crippen LogP contribution in [0, 0.1) is 0 Å². The van der Waals surface area contributed by atoms with Gasteiger partial charge in [0, 0.05) is 16.6 Å². The van der Waals surface area contributed by atoms with Gasteiger partial charge in [0.25, 0.3) is 5.91 Å². The van der Waals surface area contributed by atoms with Gasteiger partial charge in [-0.2, -0.15) is 0 Å². The third kappa shape index (κ3) is 2.65. The fraction of sp³-hybridized carbons (Fsp3) is 0.294. The minimum atomic E-state index is -1.04. The van der Waals surface area contributed by atoms with Crippen molar-refractivity contribution in [3.8, 4) is 0 Å². The minimum Gasteiger partial charge on any atom is -0.322 e. The van der Waals surface area contributed by atoms with E-state index in [1.165, 1.54) is 6.20 Å². The lowest BCUT2D eigenvalue weighted by molar-refractivity contribution is -0.134. The lowest BCUT2D eigenvalue weighted by atomic mass is 9.80. The van der Waals surface area contributed by atoms with Crippen LogP contribution in [0.2, 0.25) is 5.15 Å². The number of carbonyl (C=O) groups excluding carboxylic acids is 3. The number of hydrogen-bond acceptors (Lipinski definition) is 5. The van der Waals surface area contributed by atoms with Gasteiger partial charge in [-0.3, -0.25) is 14.5 Å². The van der Waals surface area contributed by atoms with Crippen LogP contribution in [0.4, 0.5) is 10.5 Å². The molecule has 4 rings (SSSR count). The van der Waals surface area contributed by atoms with E-state index in [2.05, 4.69) is 15.6 Å². The highest BCUT2D eigenvalue weighted by molar-refractivity contribution is 7.10. The summed E-state index contributed by atoms with van der Waals surface area (Å²) >= 11 is 7.50. The number of fused-ring (bicyclic) bond motifs is 2. The van der Waals surface area contributed by atoms with Gasteiger partial charge >= 0.3 is 6.03 Å². The Hall–Kier alpha value is -2.45. The molecular formula is C17H15ClN4O3S. The van der Waals surface area contributed by atoms with Crippen molar-refractivity contribution in [1.29, 1.82) is 0 Å². The molecule has 1 fully saturated rings. The van der Waals surface area contributed by atoms with Crippen molar-refractivity contribution in [3.63, 3.8) is 0 Å². The van der Waals surface area contributed by atoms with Crippen LogP contribution in [0.5, 0.6) is 0 Å². The van der Waals surface area contributed by atoms with Crippen LogP contribution in [0.25, 0.3) is 0 Å². The van der Waals surface area contributed by atoms with Gasteiger partial charge in [-0.25, -0.2) is 9.78 Å². The van der Waals surface area contributed by atoms with Gasteiger partial charge < -0.3 is 10.6 Å². The number of anilines is 1. The Morgan fingerprint density at radius 1 is 1.42 bits per heavy atom. The molecule has 3 heterocycles. The maximum atomic E-state index is 13.0. The maximum Gasteiger partial charge on any atom is 0.325 e. The van der Waals surface area contributed by atoms with E-state index in [1.807, 2.05) is 11.4 Å². The molecule has 0 radical (unpaired) electrons. The number of urea groups is 1. The summed E-state index contributed by atoms with van der Waals surface area (Å²) in [6, 6.07) is 4.56. The molecule has 7 nitrogen and oxygen atoms in total. The summed E-state index contributed by atoms with van der Waals surface area (Å²) in [6.45, 7) is -0.378. The van der Waals surface area contributed by atoms with E-state index in [4.69, 9.17) is 11.6 Å². The van der Waals surface area contributed by atoms with Gasteiger partial charge in [0.15, 0.2) is 5.15 Å². The van der Waals surface area contributed by atoms with Crippen LogP contribution < -0.4 is 10.6 Å². The average molecular weight is 391 g/mol. The van der Waals surface area contributed by atoms with Crippen molar-refractivity contribution in [1.82, 2.24) is 15.2 Å². The van der Waals surface area contributed by atoms with Crippen LogP contribution in [-0.4, -0.2) is 34.3 Å². The zero-order valence-electron chi connectivity index (χ0n) is 13.6.